The molecule has 0 aromatic carbocycles. The Balaban J connectivity index is 1.44. The fourth-order valence-corrected chi connectivity index (χ4v) is 11.3. The van der Waals surface area contributed by atoms with Crippen molar-refractivity contribution in [2.75, 3.05) is 13.6 Å². The highest BCUT2D eigenvalue weighted by Gasteiger charge is 2.46. The van der Waals surface area contributed by atoms with E-state index in [0.717, 1.165) is 20.5 Å². The minimum Gasteiger partial charge on any atom is -0.468 e. The monoisotopic (exact) mass is 560 g/mol. The molecule has 0 radical (unpaired) electrons. The first-order valence-corrected chi connectivity index (χ1v) is 15.0. The molecule has 2 atom stereocenters. The Morgan fingerprint density at radius 1 is 0.742 bits per heavy atom. The Morgan fingerprint density at radius 3 is 1.58 bits per heavy atom. The summed E-state index contributed by atoms with van der Waals surface area (Å²) in [4.78, 5) is 0. The van der Waals surface area contributed by atoms with Crippen LogP contribution in [0.4, 0.5) is 0 Å². The second-order valence-electron chi connectivity index (χ2n) is 9.07. The van der Waals surface area contributed by atoms with E-state index in [1.807, 2.05) is 0 Å². The van der Waals surface area contributed by atoms with E-state index in [9.17, 15) is 0 Å². The number of hydrogen-bond donors (Lipinski definition) is 0. The molecular weight excluding hydrogens is 540 g/mol. The maximum Gasteiger partial charge on any atom is 0.190 e. The summed E-state index contributed by atoms with van der Waals surface area (Å²) in [5.74, 6) is 1.78. The molecule has 2 fully saturated rings. The Bertz CT molecular complexity index is 1110. The molecule has 2 aliphatic heterocycles. The van der Waals surface area contributed by atoms with Crippen LogP contribution in [0.25, 0.3) is 0 Å². The van der Waals surface area contributed by atoms with Crippen LogP contribution in [0.3, 0.4) is 0 Å². The van der Waals surface area contributed by atoms with Crippen molar-refractivity contribution in [2.45, 2.75) is 39.1 Å². The number of rotatable bonds is 2. The van der Waals surface area contributed by atoms with Crippen LogP contribution in [0, 0.1) is 0 Å². The molecule has 31 heavy (non-hydrogen) atoms. The van der Waals surface area contributed by atoms with Crippen LogP contribution in [0.5, 0.6) is 0 Å². The summed E-state index contributed by atoms with van der Waals surface area (Å²) in [5.41, 5.74) is 7.67. The van der Waals surface area contributed by atoms with Gasteiger partial charge < -0.3 is 18.9 Å². The normalized spacial score (nSPS) is 29.2. The smallest absolute Gasteiger partial charge is 0.190 e. The topological polar surface area (TPSA) is 36.9 Å². The van der Waals surface area contributed by atoms with Crippen molar-refractivity contribution in [3.8, 4) is 0 Å². The van der Waals surface area contributed by atoms with Gasteiger partial charge in [0.1, 0.15) is 31.8 Å². The third kappa shape index (κ3) is 2.70. The minimum atomic E-state index is -2.09. The molecule has 7 heteroatoms. The number of fused-ring (bicyclic) bond motifs is 4. The molecule has 2 unspecified atom stereocenters. The van der Waals surface area contributed by atoms with E-state index >= 15 is 0 Å². The van der Waals surface area contributed by atoms with Crippen molar-refractivity contribution in [3.63, 3.8) is 0 Å². The fourth-order valence-electron chi connectivity index (χ4n) is 5.77. The molecule has 160 valence electrons. The second kappa shape index (κ2) is 6.81. The van der Waals surface area contributed by atoms with Gasteiger partial charge in [0.2, 0.25) is 0 Å². The van der Waals surface area contributed by atoms with Gasteiger partial charge in [-0.2, -0.15) is 0 Å². The lowest BCUT2D eigenvalue weighted by atomic mass is 9.99. The van der Waals surface area contributed by atoms with E-state index in [4.69, 9.17) is 18.9 Å². The standard InChI is InChI=1S/C24H22Br2O4Si/c1-11-5-13-15(7-17-21(19(13)25)29-9-27-17)23(11)31(3,4)24-12(2)6-14-16(24)8-18-22(20(14)26)30-10-28-18/h5-8,17-18H,9-10H2,1-4H3. The van der Waals surface area contributed by atoms with E-state index in [0.29, 0.717) is 13.6 Å². The third-order valence-corrected chi connectivity index (χ3v) is 12.3. The first kappa shape index (κ1) is 20.2. The first-order valence-electron chi connectivity index (χ1n) is 10.4. The molecule has 0 aromatic rings. The highest BCUT2D eigenvalue weighted by Crippen LogP contribution is 2.53. The zero-order valence-corrected chi connectivity index (χ0v) is 21.9. The summed E-state index contributed by atoms with van der Waals surface area (Å²) in [7, 11) is -2.09. The molecule has 0 aromatic heterocycles. The van der Waals surface area contributed by atoms with Crippen LogP contribution in [0.1, 0.15) is 13.8 Å². The van der Waals surface area contributed by atoms with Gasteiger partial charge in [-0.05, 0) is 90.5 Å². The van der Waals surface area contributed by atoms with Crippen LogP contribution in [-0.4, -0.2) is 33.9 Å². The maximum absolute atomic E-state index is 5.83. The number of halogens is 2. The van der Waals surface area contributed by atoms with Gasteiger partial charge >= 0.3 is 0 Å². The Kier molecular flexibility index (Phi) is 4.45. The quantitative estimate of drug-likeness (QED) is 0.380. The Hall–Kier alpha value is -1.38. The van der Waals surface area contributed by atoms with E-state index in [1.54, 1.807) is 0 Å². The van der Waals surface area contributed by atoms with Crippen molar-refractivity contribution in [3.05, 3.63) is 88.6 Å². The van der Waals surface area contributed by atoms with E-state index < -0.39 is 8.07 Å². The maximum atomic E-state index is 5.83. The molecule has 6 rings (SSSR count). The van der Waals surface area contributed by atoms with Crippen LogP contribution >= 0.6 is 31.9 Å². The zero-order valence-electron chi connectivity index (χ0n) is 17.8. The molecule has 4 nitrogen and oxygen atoms in total. The van der Waals surface area contributed by atoms with Crippen molar-refractivity contribution in [2.24, 2.45) is 0 Å². The zero-order chi connectivity index (χ0) is 21.7. The van der Waals surface area contributed by atoms with Crippen LogP contribution in [-0.2, 0) is 18.9 Å². The van der Waals surface area contributed by atoms with Crippen molar-refractivity contribution in [1.29, 1.82) is 0 Å². The second-order valence-corrected chi connectivity index (χ2v) is 14.9. The predicted octanol–water partition coefficient (Wildman–Crippen LogP) is 6.13. The Labute approximate surface area is 199 Å². The largest absolute Gasteiger partial charge is 0.468 e. The van der Waals surface area contributed by atoms with Crippen LogP contribution in [0.2, 0.25) is 13.1 Å². The number of ether oxygens (including phenoxy) is 4. The molecular formula is C24H22Br2O4Si. The minimum absolute atomic E-state index is 0.114. The lowest BCUT2D eigenvalue weighted by molar-refractivity contribution is 0.0627. The third-order valence-electron chi connectivity index (χ3n) is 6.86. The lowest BCUT2D eigenvalue weighted by Gasteiger charge is -2.34. The molecule has 2 saturated heterocycles. The molecule has 4 aliphatic carbocycles. The van der Waals surface area contributed by atoms with Gasteiger partial charge in [-0.15, -0.1) is 0 Å². The van der Waals surface area contributed by atoms with Gasteiger partial charge in [-0.25, -0.2) is 0 Å². The fraction of sp³-hybridized carbons (Fsp3) is 0.333. The summed E-state index contributed by atoms with van der Waals surface area (Å²) >= 11 is 7.58. The SMILES string of the molecule is CC1=C([Si](C)(C)C2=C(C)C=C3C2=CC2OCOC2=C3Br)C2=CC3OCOC3=C(Br)C2=C1. The van der Waals surface area contributed by atoms with Gasteiger partial charge in [-0.3, -0.25) is 0 Å². The van der Waals surface area contributed by atoms with E-state index in [2.05, 4.69) is 83.1 Å². The molecule has 0 N–H and O–H groups in total. The molecule has 0 bridgehead atoms. The van der Waals surface area contributed by atoms with Gasteiger partial charge in [-0.1, -0.05) is 36.4 Å². The van der Waals surface area contributed by atoms with E-state index in [-0.39, 0.29) is 12.2 Å². The molecule has 0 saturated carbocycles. The lowest BCUT2D eigenvalue weighted by Crippen LogP contribution is -2.36. The van der Waals surface area contributed by atoms with Crippen molar-refractivity contribution < 1.29 is 18.9 Å². The summed E-state index contributed by atoms with van der Waals surface area (Å²) in [6, 6.07) is 0. The average molecular weight is 562 g/mol. The van der Waals surface area contributed by atoms with Gasteiger partial charge in [0.15, 0.2) is 13.6 Å². The highest BCUT2D eigenvalue weighted by atomic mass is 79.9. The molecule has 2 heterocycles. The van der Waals surface area contributed by atoms with E-state index in [1.165, 1.54) is 43.8 Å². The Morgan fingerprint density at radius 2 is 1.16 bits per heavy atom. The van der Waals surface area contributed by atoms with Crippen molar-refractivity contribution >= 4 is 39.9 Å². The summed E-state index contributed by atoms with van der Waals surface area (Å²) in [6.45, 7) is 9.99. The molecule has 0 spiro atoms. The van der Waals surface area contributed by atoms with Gasteiger partial charge in [0.05, 0.1) is 8.96 Å². The van der Waals surface area contributed by atoms with Crippen LogP contribution < -0.4 is 0 Å². The average Bonchev–Trinajstić information content (AvgIpc) is 3.46. The van der Waals surface area contributed by atoms with Crippen LogP contribution in [0.15, 0.2) is 88.6 Å². The predicted molar refractivity (Wildman–Crippen MR) is 129 cm³/mol. The summed E-state index contributed by atoms with van der Waals surface area (Å²) in [6.07, 6.45) is 8.85. The summed E-state index contributed by atoms with van der Waals surface area (Å²) < 4.78 is 25.2. The molecule has 6 aliphatic rings. The highest BCUT2D eigenvalue weighted by molar-refractivity contribution is 9.12. The molecule has 0 amide bonds. The first-order chi connectivity index (χ1) is 14.8. The van der Waals surface area contributed by atoms with Gasteiger partial charge in [0.25, 0.3) is 0 Å². The van der Waals surface area contributed by atoms with Gasteiger partial charge in [0, 0.05) is 0 Å². The summed E-state index contributed by atoms with van der Waals surface area (Å²) in [5, 5.41) is 2.93. The number of allylic oxidation sites excluding steroid dienone is 12. The number of hydrogen-bond acceptors (Lipinski definition) is 4. The van der Waals surface area contributed by atoms with Crippen molar-refractivity contribution in [1.82, 2.24) is 0 Å².